The van der Waals surface area contributed by atoms with Crippen LogP contribution in [0, 0.1) is 0 Å². The fraction of sp³-hybridized carbons (Fsp3) is 0.667. The maximum absolute atomic E-state index is 11.4. The van der Waals surface area contributed by atoms with Crippen LogP contribution in [0.15, 0.2) is 9.95 Å². The highest BCUT2D eigenvalue weighted by Crippen LogP contribution is 2.17. The van der Waals surface area contributed by atoms with Crippen LogP contribution in [0.25, 0.3) is 0 Å². The van der Waals surface area contributed by atoms with Crippen molar-refractivity contribution in [3.8, 4) is 0 Å². The number of aromatic nitrogens is 3. The molecule has 96 valence electrons. The van der Waals surface area contributed by atoms with Crippen molar-refractivity contribution >= 4 is 17.7 Å². The smallest absolute Gasteiger partial charge is 0.344 e. The van der Waals surface area contributed by atoms with Gasteiger partial charge in [-0.05, 0) is 20.3 Å². The Balaban J connectivity index is 2.58. The van der Waals surface area contributed by atoms with Gasteiger partial charge in [0.05, 0.1) is 6.04 Å². The number of carbonyl (C=O) groups excluding carboxylic acids is 1. The van der Waals surface area contributed by atoms with E-state index in [1.807, 2.05) is 13.8 Å². The van der Waals surface area contributed by atoms with Gasteiger partial charge in [0.2, 0.25) is 5.91 Å². The predicted octanol–water partition coefficient (Wildman–Crippen LogP) is -0.553. The molecule has 0 saturated heterocycles. The van der Waals surface area contributed by atoms with E-state index in [9.17, 15) is 9.59 Å². The van der Waals surface area contributed by atoms with E-state index in [1.165, 1.54) is 11.8 Å². The van der Waals surface area contributed by atoms with Gasteiger partial charge in [0, 0.05) is 11.8 Å². The van der Waals surface area contributed by atoms with Gasteiger partial charge in [-0.1, -0.05) is 11.8 Å². The van der Waals surface area contributed by atoms with Crippen molar-refractivity contribution < 1.29 is 4.79 Å². The number of nitrogens with one attached hydrogen (secondary N) is 1. The van der Waals surface area contributed by atoms with E-state index < -0.39 is 11.9 Å². The number of hydrogen-bond donors (Lipinski definition) is 3. The molecule has 1 amide bonds. The maximum Gasteiger partial charge on any atom is 0.344 e. The number of nitrogens with zero attached hydrogens (tertiary/aromatic N) is 2. The zero-order valence-corrected chi connectivity index (χ0v) is 10.7. The summed E-state index contributed by atoms with van der Waals surface area (Å²) in [5.41, 5.74) is 10.3. The molecule has 8 heteroatoms. The minimum atomic E-state index is -0.652. The largest absolute Gasteiger partial charge is 0.368 e. The highest BCUT2D eigenvalue weighted by Gasteiger charge is 2.13. The lowest BCUT2D eigenvalue weighted by Gasteiger charge is -2.09. The number of amides is 1. The Hall–Kier alpha value is -1.28. The predicted molar refractivity (Wildman–Crippen MR) is 65.7 cm³/mol. The molecule has 1 atom stereocenters. The molecule has 7 nitrogen and oxygen atoms in total. The van der Waals surface area contributed by atoms with Crippen molar-refractivity contribution in [2.24, 2.45) is 11.5 Å². The Morgan fingerprint density at radius 3 is 2.76 bits per heavy atom. The van der Waals surface area contributed by atoms with E-state index in [0.29, 0.717) is 17.3 Å². The highest BCUT2D eigenvalue weighted by atomic mass is 32.2. The molecule has 0 fully saturated rings. The summed E-state index contributed by atoms with van der Waals surface area (Å²) in [4.78, 5) is 22.2. The molecular formula is C9H17N5O2S. The van der Waals surface area contributed by atoms with E-state index in [1.54, 1.807) is 4.57 Å². The second kappa shape index (κ2) is 5.87. The summed E-state index contributed by atoms with van der Waals surface area (Å²) in [5.74, 6) is 0.0649. The summed E-state index contributed by atoms with van der Waals surface area (Å²) in [6.07, 6.45) is 0.457. The number of aromatic amines is 1. The molecule has 0 bridgehead atoms. The molecule has 1 aromatic rings. The average Bonchev–Trinajstić information content (AvgIpc) is 2.59. The molecule has 1 rings (SSSR count). The molecule has 0 radical (unpaired) electrons. The van der Waals surface area contributed by atoms with E-state index in [4.69, 9.17) is 11.5 Å². The first kappa shape index (κ1) is 13.8. The van der Waals surface area contributed by atoms with Crippen molar-refractivity contribution in [2.75, 3.05) is 5.75 Å². The Labute approximate surface area is 103 Å². The Bertz CT molecular complexity index is 439. The molecule has 1 unspecified atom stereocenters. The van der Waals surface area contributed by atoms with Crippen LogP contribution in [0.1, 0.15) is 26.3 Å². The third kappa shape index (κ3) is 3.60. The molecule has 0 spiro atoms. The number of nitrogens with two attached hydrogens (primary N) is 2. The minimum absolute atomic E-state index is 0.0357. The Kier molecular flexibility index (Phi) is 4.76. The fourth-order valence-electron chi connectivity index (χ4n) is 1.27. The van der Waals surface area contributed by atoms with Crippen LogP contribution in [0.4, 0.5) is 0 Å². The number of thioether (sulfide) groups is 1. The quantitative estimate of drug-likeness (QED) is 0.592. The summed E-state index contributed by atoms with van der Waals surface area (Å²) < 4.78 is 1.56. The second-order valence-electron chi connectivity index (χ2n) is 3.92. The average molecular weight is 259 g/mol. The first-order chi connectivity index (χ1) is 7.93. The lowest BCUT2D eigenvalue weighted by Crippen LogP contribution is -2.36. The van der Waals surface area contributed by atoms with Gasteiger partial charge in [-0.3, -0.25) is 9.36 Å². The number of hydrogen-bond acceptors (Lipinski definition) is 5. The molecule has 0 aliphatic heterocycles. The van der Waals surface area contributed by atoms with Crippen molar-refractivity contribution in [3.63, 3.8) is 0 Å². The summed E-state index contributed by atoms with van der Waals surface area (Å²) in [6.45, 7) is 3.80. The zero-order chi connectivity index (χ0) is 13.0. The molecule has 1 heterocycles. The van der Waals surface area contributed by atoms with E-state index in [-0.39, 0.29) is 11.7 Å². The molecule has 5 N–H and O–H groups in total. The van der Waals surface area contributed by atoms with Gasteiger partial charge in [0.25, 0.3) is 0 Å². The van der Waals surface area contributed by atoms with Crippen molar-refractivity contribution in [1.82, 2.24) is 14.8 Å². The van der Waals surface area contributed by atoms with Crippen LogP contribution in [-0.2, 0) is 4.79 Å². The van der Waals surface area contributed by atoms with Crippen LogP contribution >= 0.6 is 11.8 Å². The van der Waals surface area contributed by atoms with Crippen molar-refractivity contribution in [2.45, 2.75) is 37.5 Å². The molecule has 1 aromatic heterocycles. The molecule has 0 aromatic carbocycles. The monoisotopic (exact) mass is 259 g/mol. The highest BCUT2D eigenvalue weighted by molar-refractivity contribution is 7.99. The normalized spacial score (nSPS) is 12.9. The summed E-state index contributed by atoms with van der Waals surface area (Å²) in [5, 5.41) is 6.90. The van der Waals surface area contributed by atoms with Gasteiger partial charge < -0.3 is 11.5 Å². The van der Waals surface area contributed by atoms with E-state index in [0.717, 1.165) is 0 Å². The van der Waals surface area contributed by atoms with Gasteiger partial charge in [-0.15, -0.1) is 5.10 Å². The molecule has 0 aliphatic carbocycles. The summed E-state index contributed by atoms with van der Waals surface area (Å²) in [6, 6.07) is -0.616. The van der Waals surface area contributed by atoms with Crippen LogP contribution in [0.5, 0.6) is 0 Å². The van der Waals surface area contributed by atoms with Crippen LogP contribution in [-0.4, -0.2) is 32.5 Å². The zero-order valence-electron chi connectivity index (χ0n) is 9.84. The van der Waals surface area contributed by atoms with Gasteiger partial charge in [-0.25, -0.2) is 9.89 Å². The molecular weight excluding hydrogens is 242 g/mol. The van der Waals surface area contributed by atoms with E-state index in [2.05, 4.69) is 10.2 Å². The number of H-pyrrole nitrogens is 1. The summed E-state index contributed by atoms with van der Waals surface area (Å²) in [7, 11) is 0. The van der Waals surface area contributed by atoms with Crippen LogP contribution < -0.4 is 17.2 Å². The van der Waals surface area contributed by atoms with Gasteiger partial charge in [0.15, 0.2) is 5.16 Å². The fourth-order valence-corrected chi connectivity index (χ4v) is 2.36. The number of primary amides is 1. The maximum atomic E-state index is 11.4. The topological polar surface area (TPSA) is 120 Å². The standard InChI is InChI=1S/C9H17N5O2S/c1-5(2)14-8(16)12-13-9(14)17-4-3-6(10)7(11)15/h5-6H,3-4,10H2,1-2H3,(H2,11,15)(H,12,16). The van der Waals surface area contributed by atoms with E-state index >= 15 is 0 Å². The third-order valence-corrected chi connectivity index (χ3v) is 3.20. The van der Waals surface area contributed by atoms with Gasteiger partial charge in [-0.2, -0.15) is 0 Å². The lowest BCUT2D eigenvalue weighted by atomic mass is 10.2. The third-order valence-electron chi connectivity index (χ3n) is 2.21. The van der Waals surface area contributed by atoms with Gasteiger partial charge in [0.1, 0.15) is 0 Å². The number of carbonyl (C=O) groups is 1. The molecule has 17 heavy (non-hydrogen) atoms. The van der Waals surface area contributed by atoms with Gasteiger partial charge >= 0.3 is 5.69 Å². The minimum Gasteiger partial charge on any atom is -0.368 e. The molecule has 0 saturated carbocycles. The van der Waals surface area contributed by atoms with Crippen LogP contribution in [0.3, 0.4) is 0 Å². The Morgan fingerprint density at radius 2 is 2.24 bits per heavy atom. The second-order valence-corrected chi connectivity index (χ2v) is 4.98. The molecule has 0 aliphatic rings. The lowest BCUT2D eigenvalue weighted by molar-refractivity contribution is -0.119. The SMILES string of the molecule is CC(C)n1c(SCCC(N)C(N)=O)n[nH]c1=O. The van der Waals surface area contributed by atoms with Crippen molar-refractivity contribution in [3.05, 3.63) is 10.5 Å². The number of rotatable bonds is 6. The summed E-state index contributed by atoms with van der Waals surface area (Å²) >= 11 is 1.37. The first-order valence-electron chi connectivity index (χ1n) is 5.28. The first-order valence-corrected chi connectivity index (χ1v) is 6.26. The van der Waals surface area contributed by atoms with Crippen molar-refractivity contribution in [1.29, 1.82) is 0 Å². The van der Waals surface area contributed by atoms with Crippen LogP contribution in [0.2, 0.25) is 0 Å². The Morgan fingerprint density at radius 1 is 1.59 bits per heavy atom.